The van der Waals surface area contributed by atoms with Crippen LogP contribution in [-0.2, 0) is 5.75 Å². The maximum atomic E-state index is 12.5. The summed E-state index contributed by atoms with van der Waals surface area (Å²) >= 11 is 7.60. The number of carbonyl (C=O) groups excluding carboxylic acids is 1. The van der Waals surface area contributed by atoms with Gasteiger partial charge < -0.3 is 9.80 Å². The summed E-state index contributed by atoms with van der Waals surface area (Å²) in [6.07, 6.45) is 3.44. The standard InChI is InChI=1S/C19H23ClN4OS/c1-23(2)17-12-16(20)21-19(22-17)26-13-14-6-8-15(9-7-14)18(25)24-10-4-3-5-11-24/h6-9,12H,3-5,10-11,13H2,1-2H3. The summed E-state index contributed by atoms with van der Waals surface area (Å²) in [5, 5.41) is 1.09. The Kier molecular flexibility index (Phi) is 6.38. The highest BCUT2D eigenvalue weighted by Gasteiger charge is 2.17. The van der Waals surface area contributed by atoms with Gasteiger partial charge in [0, 0.05) is 44.6 Å². The molecule has 26 heavy (non-hydrogen) atoms. The quantitative estimate of drug-likeness (QED) is 0.436. The highest BCUT2D eigenvalue weighted by Crippen LogP contribution is 2.24. The van der Waals surface area contributed by atoms with Crippen molar-refractivity contribution in [3.8, 4) is 0 Å². The molecule has 0 N–H and O–H groups in total. The van der Waals surface area contributed by atoms with Crippen molar-refractivity contribution in [1.29, 1.82) is 0 Å². The van der Waals surface area contributed by atoms with E-state index >= 15 is 0 Å². The van der Waals surface area contributed by atoms with Crippen LogP contribution < -0.4 is 4.90 Å². The van der Waals surface area contributed by atoms with Gasteiger partial charge in [-0.25, -0.2) is 9.97 Å². The summed E-state index contributed by atoms with van der Waals surface area (Å²) in [7, 11) is 3.84. The van der Waals surface area contributed by atoms with Gasteiger partial charge in [-0.05, 0) is 37.0 Å². The zero-order valence-corrected chi connectivity index (χ0v) is 16.7. The third-order valence-electron chi connectivity index (χ3n) is 4.33. The second-order valence-electron chi connectivity index (χ2n) is 6.56. The zero-order valence-electron chi connectivity index (χ0n) is 15.1. The number of nitrogens with zero attached hydrogens (tertiary/aromatic N) is 4. The van der Waals surface area contributed by atoms with E-state index in [1.165, 1.54) is 18.2 Å². The molecule has 0 atom stereocenters. The number of anilines is 1. The lowest BCUT2D eigenvalue weighted by molar-refractivity contribution is 0.0724. The van der Waals surface area contributed by atoms with Crippen LogP contribution in [0.5, 0.6) is 0 Å². The third-order valence-corrected chi connectivity index (χ3v) is 5.44. The Labute approximate surface area is 163 Å². The molecular formula is C19H23ClN4OS. The Morgan fingerprint density at radius 2 is 1.85 bits per heavy atom. The highest BCUT2D eigenvalue weighted by atomic mass is 35.5. The summed E-state index contributed by atoms with van der Waals surface area (Å²) in [6, 6.07) is 9.57. The number of hydrogen-bond acceptors (Lipinski definition) is 5. The van der Waals surface area contributed by atoms with Crippen LogP contribution in [-0.4, -0.2) is 48.0 Å². The molecule has 0 aliphatic carbocycles. The number of aromatic nitrogens is 2. The number of benzene rings is 1. The molecule has 1 aliphatic rings. The van der Waals surface area contributed by atoms with E-state index in [0.29, 0.717) is 10.3 Å². The number of halogens is 1. The molecule has 138 valence electrons. The van der Waals surface area contributed by atoms with Crippen molar-refractivity contribution >= 4 is 35.1 Å². The van der Waals surface area contributed by atoms with E-state index < -0.39 is 0 Å². The molecule has 5 nitrogen and oxygen atoms in total. The fraction of sp³-hybridized carbons (Fsp3) is 0.421. The van der Waals surface area contributed by atoms with Crippen molar-refractivity contribution < 1.29 is 4.79 Å². The van der Waals surface area contributed by atoms with Crippen molar-refractivity contribution in [2.45, 2.75) is 30.2 Å². The molecule has 1 saturated heterocycles. The van der Waals surface area contributed by atoms with E-state index in [1.54, 1.807) is 6.07 Å². The Balaban J connectivity index is 1.62. The van der Waals surface area contributed by atoms with E-state index in [0.717, 1.165) is 48.6 Å². The maximum absolute atomic E-state index is 12.5. The normalized spacial score (nSPS) is 14.3. The average Bonchev–Trinajstić information content (AvgIpc) is 2.66. The number of carbonyl (C=O) groups is 1. The number of piperidine rings is 1. The molecule has 2 heterocycles. The first-order valence-corrected chi connectivity index (χ1v) is 10.1. The summed E-state index contributed by atoms with van der Waals surface area (Å²) in [5.41, 5.74) is 1.88. The fourth-order valence-electron chi connectivity index (χ4n) is 2.85. The van der Waals surface area contributed by atoms with Gasteiger partial charge in [-0.3, -0.25) is 4.79 Å². The molecular weight excluding hydrogens is 368 g/mol. The molecule has 2 aromatic rings. The lowest BCUT2D eigenvalue weighted by atomic mass is 10.1. The fourth-order valence-corrected chi connectivity index (χ4v) is 3.89. The Morgan fingerprint density at radius 1 is 1.15 bits per heavy atom. The van der Waals surface area contributed by atoms with Gasteiger partial charge in [0.15, 0.2) is 5.16 Å². The minimum absolute atomic E-state index is 0.137. The van der Waals surface area contributed by atoms with E-state index in [-0.39, 0.29) is 5.91 Å². The molecule has 3 rings (SSSR count). The van der Waals surface area contributed by atoms with Gasteiger partial charge in [-0.15, -0.1) is 0 Å². The van der Waals surface area contributed by atoms with Gasteiger partial charge in [-0.2, -0.15) is 0 Å². The van der Waals surface area contributed by atoms with Crippen molar-refractivity contribution in [1.82, 2.24) is 14.9 Å². The summed E-state index contributed by atoms with van der Waals surface area (Å²) in [4.78, 5) is 25.1. The van der Waals surface area contributed by atoms with Gasteiger partial charge >= 0.3 is 0 Å². The first kappa shape index (κ1) is 19.0. The van der Waals surface area contributed by atoms with Gasteiger partial charge in [0.1, 0.15) is 11.0 Å². The summed E-state index contributed by atoms with van der Waals surface area (Å²) < 4.78 is 0. The minimum Gasteiger partial charge on any atom is -0.363 e. The number of rotatable bonds is 5. The summed E-state index contributed by atoms with van der Waals surface area (Å²) in [5.74, 6) is 1.65. The van der Waals surface area contributed by atoms with Gasteiger partial charge in [0.2, 0.25) is 0 Å². The van der Waals surface area contributed by atoms with E-state index in [1.807, 2.05) is 48.2 Å². The highest BCUT2D eigenvalue weighted by molar-refractivity contribution is 7.98. The molecule has 0 saturated carbocycles. The van der Waals surface area contributed by atoms with Crippen LogP contribution in [0.4, 0.5) is 5.82 Å². The van der Waals surface area contributed by atoms with Gasteiger partial charge in [0.25, 0.3) is 5.91 Å². The molecule has 1 fully saturated rings. The van der Waals surface area contributed by atoms with Crippen molar-refractivity contribution in [2.24, 2.45) is 0 Å². The Bertz CT molecular complexity index is 761. The van der Waals surface area contributed by atoms with Crippen LogP contribution >= 0.6 is 23.4 Å². The molecule has 1 aromatic carbocycles. The molecule has 7 heteroatoms. The monoisotopic (exact) mass is 390 g/mol. The topological polar surface area (TPSA) is 49.3 Å². The van der Waals surface area contributed by atoms with Gasteiger partial charge in [0.05, 0.1) is 0 Å². The van der Waals surface area contributed by atoms with Crippen LogP contribution in [0.3, 0.4) is 0 Å². The smallest absolute Gasteiger partial charge is 0.253 e. The van der Waals surface area contributed by atoms with Crippen molar-refractivity contribution in [3.05, 3.63) is 46.6 Å². The molecule has 0 radical (unpaired) electrons. The van der Waals surface area contributed by atoms with Crippen LogP contribution in [0.2, 0.25) is 5.15 Å². The lowest BCUT2D eigenvalue weighted by Crippen LogP contribution is -2.35. The largest absolute Gasteiger partial charge is 0.363 e. The second-order valence-corrected chi connectivity index (χ2v) is 7.89. The predicted molar refractivity (Wildman–Crippen MR) is 107 cm³/mol. The zero-order chi connectivity index (χ0) is 18.5. The number of thioether (sulfide) groups is 1. The number of amides is 1. The van der Waals surface area contributed by atoms with E-state index in [2.05, 4.69) is 9.97 Å². The minimum atomic E-state index is 0.137. The van der Waals surface area contributed by atoms with Crippen LogP contribution in [0.15, 0.2) is 35.5 Å². The van der Waals surface area contributed by atoms with Crippen molar-refractivity contribution in [3.63, 3.8) is 0 Å². The predicted octanol–water partition coefficient (Wildman–Crippen LogP) is 4.11. The third kappa shape index (κ3) is 4.89. The average molecular weight is 391 g/mol. The second kappa shape index (κ2) is 8.73. The van der Waals surface area contributed by atoms with Crippen LogP contribution in [0.25, 0.3) is 0 Å². The molecule has 1 amide bonds. The van der Waals surface area contributed by atoms with Gasteiger partial charge in [-0.1, -0.05) is 35.5 Å². The first-order chi connectivity index (χ1) is 12.5. The SMILES string of the molecule is CN(C)c1cc(Cl)nc(SCc2ccc(C(=O)N3CCCCC3)cc2)n1. The molecule has 0 spiro atoms. The molecule has 1 aliphatic heterocycles. The first-order valence-electron chi connectivity index (χ1n) is 8.76. The Hall–Kier alpha value is -1.79. The number of hydrogen-bond donors (Lipinski definition) is 0. The lowest BCUT2D eigenvalue weighted by Gasteiger charge is -2.26. The summed E-state index contributed by atoms with van der Waals surface area (Å²) in [6.45, 7) is 1.74. The van der Waals surface area contributed by atoms with E-state index in [9.17, 15) is 4.79 Å². The van der Waals surface area contributed by atoms with Crippen molar-refractivity contribution in [2.75, 3.05) is 32.1 Å². The number of likely N-dealkylation sites (tertiary alicyclic amines) is 1. The molecule has 0 bridgehead atoms. The van der Waals surface area contributed by atoms with Crippen LogP contribution in [0.1, 0.15) is 35.2 Å². The molecule has 0 unspecified atom stereocenters. The maximum Gasteiger partial charge on any atom is 0.253 e. The van der Waals surface area contributed by atoms with E-state index in [4.69, 9.17) is 11.6 Å². The Morgan fingerprint density at radius 3 is 2.50 bits per heavy atom. The van der Waals surface area contributed by atoms with Crippen LogP contribution in [0, 0.1) is 0 Å². The molecule has 1 aromatic heterocycles.